The average molecular weight is 687 g/mol. The van der Waals surface area contributed by atoms with Gasteiger partial charge >= 0.3 is 0 Å². The highest BCUT2D eigenvalue weighted by Crippen LogP contribution is 2.41. The maximum Gasteiger partial charge on any atom is 0.160 e. The van der Waals surface area contributed by atoms with Gasteiger partial charge in [0.2, 0.25) is 0 Å². The van der Waals surface area contributed by atoms with Crippen molar-refractivity contribution < 1.29 is 0 Å². The van der Waals surface area contributed by atoms with Crippen LogP contribution in [-0.4, -0.2) is 9.97 Å². The zero-order valence-corrected chi connectivity index (χ0v) is 29.5. The van der Waals surface area contributed by atoms with Gasteiger partial charge in [0.15, 0.2) is 5.82 Å². The molecule has 0 atom stereocenters. The van der Waals surface area contributed by atoms with E-state index in [9.17, 15) is 0 Å². The molecule has 0 unspecified atom stereocenters. The van der Waals surface area contributed by atoms with Crippen LogP contribution in [0.3, 0.4) is 0 Å². The summed E-state index contributed by atoms with van der Waals surface area (Å²) in [4.78, 5) is 10.3. The fourth-order valence-electron chi connectivity index (χ4n) is 7.77. The minimum absolute atomic E-state index is 0.698. The van der Waals surface area contributed by atoms with Crippen LogP contribution in [0, 0.1) is 0 Å². The number of benzene rings is 9. The van der Waals surface area contributed by atoms with Crippen molar-refractivity contribution in [1.29, 1.82) is 0 Å². The first-order valence-electron chi connectivity index (χ1n) is 18.4. The molecule has 0 saturated heterocycles. The molecule has 0 aliphatic rings. The highest BCUT2D eigenvalue weighted by atomic mass is 14.9. The van der Waals surface area contributed by atoms with E-state index in [0.29, 0.717) is 5.82 Å². The fourth-order valence-corrected chi connectivity index (χ4v) is 7.77. The molecule has 54 heavy (non-hydrogen) atoms. The van der Waals surface area contributed by atoms with Crippen molar-refractivity contribution in [3.05, 3.63) is 206 Å². The maximum atomic E-state index is 5.18. The Bertz CT molecular complexity index is 2970. The van der Waals surface area contributed by atoms with Gasteiger partial charge in [-0.2, -0.15) is 0 Å². The monoisotopic (exact) mass is 686 g/mol. The predicted octanol–water partition coefficient (Wildman–Crippen LogP) is 13.9. The summed E-state index contributed by atoms with van der Waals surface area (Å²) in [6, 6.07) is 73.5. The standard InChI is InChI=1S/C52H34N2/c1-3-13-35(14-4-1)36-25-27-39(28-26-36)50-34-49(38-16-5-2-6-17-38)53-52(54-50)44-22-12-20-41(32-44)40-19-11-21-43(31-40)51-46-24-10-8-18-42(46)33-48-45-23-9-7-15-37(45)29-30-47(48)51/h1-34H. The third kappa shape index (κ3) is 5.81. The van der Waals surface area contributed by atoms with Crippen molar-refractivity contribution >= 4 is 32.3 Å². The molecule has 2 nitrogen and oxygen atoms in total. The molecule has 0 amide bonds. The van der Waals surface area contributed by atoms with Crippen molar-refractivity contribution in [3.8, 4) is 67.3 Å². The Morgan fingerprint density at radius 2 is 0.741 bits per heavy atom. The van der Waals surface area contributed by atoms with Crippen molar-refractivity contribution in [2.45, 2.75) is 0 Å². The Morgan fingerprint density at radius 1 is 0.241 bits per heavy atom. The van der Waals surface area contributed by atoms with Crippen LogP contribution in [0.2, 0.25) is 0 Å². The van der Waals surface area contributed by atoms with Gasteiger partial charge < -0.3 is 0 Å². The zero-order valence-electron chi connectivity index (χ0n) is 29.5. The van der Waals surface area contributed by atoms with Gasteiger partial charge in [0, 0.05) is 16.7 Å². The van der Waals surface area contributed by atoms with Crippen molar-refractivity contribution in [2.24, 2.45) is 0 Å². The summed E-state index contributed by atoms with van der Waals surface area (Å²) in [5, 5.41) is 7.55. The average Bonchev–Trinajstić information content (AvgIpc) is 3.26. The third-order valence-electron chi connectivity index (χ3n) is 10.5. The Kier molecular flexibility index (Phi) is 7.85. The van der Waals surface area contributed by atoms with Crippen LogP contribution in [0.5, 0.6) is 0 Å². The van der Waals surface area contributed by atoms with E-state index in [-0.39, 0.29) is 0 Å². The molecule has 0 saturated carbocycles. The lowest BCUT2D eigenvalue weighted by Gasteiger charge is -2.15. The molecule has 1 aromatic heterocycles. The molecule has 1 heterocycles. The van der Waals surface area contributed by atoms with Crippen LogP contribution in [-0.2, 0) is 0 Å². The summed E-state index contributed by atoms with van der Waals surface area (Å²) in [6.07, 6.45) is 0. The molecule has 10 aromatic rings. The first-order chi connectivity index (χ1) is 26.7. The summed E-state index contributed by atoms with van der Waals surface area (Å²) in [5.74, 6) is 0.698. The Hall–Kier alpha value is -7.16. The molecular formula is C52H34N2. The van der Waals surface area contributed by atoms with Crippen LogP contribution in [0.15, 0.2) is 206 Å². The molecule has 0 fully saturated rings. The first kappa shape index (κ1) is 31.6. The van der Waals surface area contributed by atoms with Gasteiger partial charge in [-0.25, -0.2) is 9.97 Å². The van der Waals surface area contributed by atoms with Crippen molar-refractivity contribution in [1.82, 2.24) is 9.97 Å². The molecule has 252 valence electrons. The van der Waals surface area contributed by atoms with Crippen LogP contribution in [0.4, 0.5) is 0 Å². The molecule has 0 aliphatic carbocycles. The molecule has 0 aliphatic heterocycles. The second-order valence-corrected chi connectivity index (χ2v) is 13.8. The molecule has 0 spiro atoms. The molecule has 9 aromatic carbocycles. The van der Waals surface area contributed by atoms with E-state index in [1.54, 1.807) is 0 Å². The van der Waals surface area contributed by atoms with Gasteiger partial charge in [0.05, 0.1) is 11.4 Å². The Balaban J connectivity index is 1.08. The predicted molar refractivity (Wildman–Crippen MR) is 227 cm³/mol. The van der Waals surface area contributed by atoms with Crippen molar-refractivity contribution in [2.75, 3.05) is 0 Å². The smallest absolute Gasteiger partial charge is 0.160 e. The lowest BCUT2D eigenvalue weighted by Crippen LogP contribution is -1.96. The lowest BCUT2D eigenvalue weighted by atomic mass is 9.89. The molecule has 0 N–H and O–H groups in total. The highest BCUT2D eigenvalue weighted by molar-refractivity contribution is 6.20. The Morgan fingerprint density at radius 3 is 1.46 bits per heavy atom. The second kappa shape index (κ2) is 13.4. The van der Waals surface area contributed by atoms with E-state index in [4.69, 9.17) is 9.97 Å². The number of aromatic nitrogens is 2. The SMILES string of the molecule is c1ccc(-c2ccc(-c3cc(-c4ccccc4)nc(-c4cccc(-c5cccc(-c6c7ccccc7cc7c6ccc6ccccc67)c5)c4)n3)cc2)cc1. The minimum Gasteiger partial charge on any atom is -0.228 e. The number of nitrogens with zero attached hydrogens (tertiary/aromatic N) is 2. The molecule has 0 radical (unpaired) electrons. The lowest BCUT2D eigenvalue weighted by molar-refractivity contribution is 1.18. The van der Waals surface area contributed by atoms with E-state index in [1.165, 1.54) is 54.6 Å². The quantitative estimate of drug-likeness (QED) is 0.129. The van der Waals surface area contributed by atoms with E-state index >= 15 is 0 Å². The fraction of sp³-hybridized carbons (Fsp3) is 0. The van der Waals surface area contributed by atoms with Crippen LogP contribution in [0.25, 0.3) is 99.6 Å². The summed E-state index contributed by atoms with van der Waals surface area (Å²) >= 11 is 0. The maximum absolute atomic E-state index is 5.18. The molecule has 0 bridgehead atoms. The van der Waals surface area contributed by atoms with Gasteiger partial charge in [0.25, 0.3) is 0 Å². The summed E-state index contributed by atoms with van der Waals surface area (Å²) in [6.45, 7) is 0. The molecule has 2 heteroatoms. The summed E-state index contributed by atoms with van der Waals surface area (Å²) in [7, 11) is 0. The van der Waals surface area contributed by atoms with Crippen LogP contribution >= 0.6 is 0 Å². The van der Waals surface area contributed by atoms with Gasteiger partial charge in [0.1, 0.15) is 0 Å². The summed E-state index contributed by atoms with van der Waals surface area (Å²) < 4.78 is 0. The third-order valence-corrected chi connectivity index (χ3v) is 10.5. The van der Waals surface area contributed by atoms with E-state index < -0.39 is 0 Å². The normalized spacial score (nSPS) is 11.3. The first-order valence-corrected chi connectivity index (χ1v) is 18.4. The molecular weight excluding hydrogens is 653 g/mol. The number of rotatable bonds is 6. The largest absolute Gasteiger partial charge is 0.228 e. The van der Waals surface area contributed by atoms with Crippen LogP contribution in [0.1, 0.15) is 0 Å². The van der Waals surface area contributed by atoms with Gasteiger partial charge in [-0.3, -0.25) is 0 Å². The minimum atomic E-state index is 0.698. The van der Waals surface area contributed by atoms with E-state index in [2.05, 4.69) is 194 Å². The van der Waals surface area contributed by atoms with Crippen LogP contribution < -0.4 is 0 Å². The summed E-state index contributed by atoms with van der Waals surface area (Å²) in [5.41, 5.74) is 12.0. The van der Waals surface area contributed by atoms with Gasteiger partial charge in [-0.15, -0.1) is 0 Å². The van der Waals surface area contributed by atoms with E-state index in [1.807, 2.05) is 12.1 Å². The number of hydrogen-bond donors (Lipinski definition) is 0. The van der Waals surface area contributed by atoms with Gasteiger partial charge in [-0.05, 0) is 90.0 Å². The second-order valence-electron chi connectivity index (χ2n) is 13.8. The number of hydrogen-bond acceptors (Lipinski definition) is 2. The van der Waals surface area contributed by atoms with Crippen molar-refractivity contribution in [3.63, 3.8) is 0 Å². The highest BCUT2D eigenvalue weighted by Gasteiger charge is 2.15. The van der Waals surface area contributed by atoms with E-state index in [0.717, 1.165) is 39.2 Å². The zero-order chi connectivity index (χ0) is 35.8. The van der Waals surface area contributed by atoms with Gasteiger partial charge in [-0.1, -0.05) is 182 Å². The number of fused-ring (bicyclic) bond motifs is 4. The Labute approximate surface area is 314 Å². The molecule has 10 rings (SSSR count). The topological polar surface area (TPSA) is 25.8 Å².